The molecule has 0 fully saturated rings. The van der Waals surface area contributed by atoms with Gasteiger partial charge in [-0.15, -0.1) is 0 Å². The van der Waals surface area contributed by atoms with Gasteiger partial charge in [-0.2, -0.15) is 0 Å². The SMILES string of the molecule is CNCCNCc1ccc(-c2ccc3c(=O)n(CC[C@](C)(C(=O)NO)S(C)(=O)=O)cc(F)c3c2)c(C)c1. The third-order valence-electron chi connectivity index (χ3n) is 6.75. The predicted octanol–water partition coefficient (Wildman–Crippen LogP) is 2.12. The molecular weight excluding hydrogens is 499 g/mol. The molecule has 9 nitrogen and oxygen atoms in total. The summed E-state index contributed by atoms with van der Waals surface area (Å²) in [5.74, 6) is -1.77. The summed E-state index contributed by atoms with van der Waals surface area (Å²) in [5, 5.41) is 15.7. The molecule has 0 saturated carbocycles. The molecule has 0 radical (unpaired) electrons. The maximum atomic E-state index is 15.2. The van der Waals surface area contributed by atoms with Crippen molar-refractivity contribution in [2.75, 3.05) is 26.4 Å². The lowest BCUT2D eigenvalue weighted by Crippen LogP contribution is -2.50. The second-order valence-corrected chi connectivity index (χ2v) is 11.8. The van der Waals surface area contributed by atoms with Crippen LogP contribution in [0.25, 0.3) is 21.9 Å². The molecule has 1 amide bonds. The van der Waals surface area contributed by atoms with Crippen molar-refractivity contribution in [1.29, 1.82) is 0 Å². The number of nitrogens with zero attached hydrogens (tertiary/aromatic N) is 1. The average molecular weight is 533 g/mol. The number of likely N-dealkylation sites (N-methyl/N-ethyl adjacent to an activating group) is 1. The van der Waals surface area contributed by atoms with E-state index in [1.165, 1.54) is 5.48 Å². The van der Waals surface area contributed by atoms with E-state index in [4.69, 9.17) is 5.21 Å². The smallest absolute Gasteiger partial charge is 0.264 e. The number of halogens is 1. The highest BCUT2D eigenvalue weighted by Crippen LogP contribution is 2.28. The summed E-state index contributed by atoms with van der Waals surface area (Å²) in [6.07, 6.45) is 1.54. The minimum absolute atomic E-state index is 0.138. The van der Waals surface area contributed by atoms with Crippen molar-refractivity contribution in [3.63, 3.8) is 0 Å². The van der Waals surface area contributed by atoms with Gasteiger partial charge in [-0.05, 0) is 61.7 Å². The number of benzene rings is 2. The first-order valence-corrected chi connectivity index (χ1v) is 13.7. The molecule has 11 heteroatoms. The van der Waals surface area contributed by atoms with Gasteiger partial charge in [-0.3, -0.25) is 14.8 Å². The van der Waals surface area contributed by atoms with Crippen molar-refractivity contribution in [3.05, 3.63) is 69.9 Å². The molecule has 0 spiro atoms. The second-order valence-electron chi connectivity index (χ2n) is 9.36. The Labute approximate surface area is 215 Å². The summed E-state index contributed by atoms with van der Waals surface area (Å²) in [6.45, 7) is 5.33. The highest BCUT2D eigenvalue weighted by Gasteiger charge is 2.43. The number of amides is 1. The lowest BCUT2D eigenvalue weighted by Gasteiger charge is -2.25. The van der Waals surface area contributed by atoms with Crippen LogP contribution in [0.3, 0.4) is 0 Å². The van der Waals surface area contributed by atoms with Crippen molar-refractivity contribution in [1.82, 2.24) is 20.7 Å². The number of aromatic nitrogens is 1. The van der Waals surface area contributed by atoms with Crippen LogP contribution in [0.15, 0.2) is 47.4 Å². The lowest BCUT2D eigenvalue weighted by molar-refractivity contribution is -0.131. The summed E-state index contributed by atoms with van der Waals surface area (Å²) >= 11 is 0. The van der Waals surface area contributed by atoms with E-state index in [2.05, 4.69) is 16.7 Å². The number of aryl methyl sites for hydroxylation is 2. The molecule has 37 heavy (non-hydrogen) atoms. The Hall–Kier alpha value is -3.12. The number of hydrogen-bond acceptors (Lipinski definition) is 7. The van der Waals surface area contributed by atoms with Gasteiger partial charge in [0.25, 0.3) is 11.5 Å². The number of pyridine rings is 1. The molecule has 1 atom stereocenters. The zero-order valence-electron chi connectivity index (χ0n) is 21.4. The summed E-state index contributed by atoms with van der Waals surface area (Å²) in [6, 6.07) is 11.0. The fourth-order valence-corrected chi connectivity index (χ4v) is 5.05. The van der Waals surface area contributed by atoms with E-state index >= 15 is 4.39 Å². The van der Waals surface area contributed by atoms with Crippen LogP contribution in [0, 0.1) is 12.7 Å². The van der Waals surface area contributed by atoms with Gasteiger partial charge in [-0.25, -0.2) is 18.3 Å². The molecule has 200 valence electrons. The van der Waals surface area contributed by atoms with Crippen molar-refractivity contribution in [3.8, 4) is 11.1 Å². The van der Waals surface area contributed by atoms with Crippen LogP contribution in [0.1, 0.15) is 24.5 Å². The Balaban J connectivity index is 1.91. The number of carbonyl (C=O) groups excluding carboxylic acids is 1. The number of carbonyl (C=O) groups is 1. The first-order valence-electron chi connectivity index (χ1n) is 11.8. The number of rotatable bonds is 11. The Bertz CT molecular complexity index is 1470. The number of hydroxylamine groups is 1. The predicted molar refractivity (Wildman–Crippen MR) is 142 cm³/mol. The molecule has 0 aliphatic heterocycles. The van der Waals surface area contributed by atoms with E-state index in [9.17, 15) is 18.0 Å². The second kappa shape index (κ2) is 11.5. The van der Waals surface area contributed by atoms with Crippen LogP contribution in [0.4, 0.5) is 4.39 Å². The van der Waals surface area contributed by atoms with E-state index in [0.29, 0.717) is 0 Å². The first-order chi connectivity index (χ1) is 17.4. The monoisotopic (exact) mass is 532 g/mol. The molecule has 3 rings (SSSR count). The van der Waals surface area contributed by atoms with E-state index in [0.717, 1.165) is 65.8 Å². The van der Waals surface area contributed by atoms with Crippen molar-refractivity contribution >= 4 is 26.5 Å². The average Bonchev–Trinajstić information content (AvgIpc) is 2.86. The van der Waals surface area contributed by atoms with Gasteiger partial charge >= 0.3 is 0 Å². The minimum atomic E-state index is -3.95. The lowest BCUT2D eigenvalue weighted by atomic mass is 9.96. The fourth-order valence-electron chi connectivity index (χ4n) is 4.21. The molecule has 0 aliphatic rings. The van der Waals surface area contributed by atoms with Gasteiger partial charge < -0.3 is 15.2 Å². The van der Waals surface area contributed by atoms with Gasteiger partial charge in [0, 0.05) is 44.0 Å². The number of nitrogens with one attached hydrogen (secondary N) is 3. The van der Waals surface area contributed by atoms with Crippen LogP contribution >= 0.6 is 0 Å². The minimum Gasteiger partial charge on any atom is -0.318 e. The maximum Gasteiger partial charge on any atom is 0.264 e. The maximum absolute atomic E-state index is 15.2. The Morgan fingerprint density at radius 3 is 2.49 bits per heavy atom. The standard InChI is InChI=1S/C26H33FN4O5S/c1-17-13-18(15-29-11-10-28-3)5-7-20(17)19-6-8-21-22(14-19)23(27)16-31(24(21)32)12-9-26(2,25(33)30-34)37(4,35)36/h5-8,13-14,16,28-29,34H,9-12,15H2,1-4H3,(H,30,33)/t26-/m1/s1. The topological polar surface area (TPSA) is 130 Å². The molecule has 1 heterocycles. The molecule has 4 N–H and O–H groups in total. The summed E-state index contributed by atoms with van der Waals surface area (Å²) < 4.78 is 38.6. The van der Waals surface area contributed by atoms with Gasteiger partial charge in [0.15, 0.2) is 14.6 Å². The molecular formula is C26H33FN4O5S. The quantitative estimate of drug-likeness (QED) is 0.169. The van der Waals surface area contributed by atoms with E-state index in [1.807, 2.05) is 26.1 Å². The Morgan fingerprint density at radius 2 is 1.86 bits per heavy atom. The molecule has 0 unspecified atom stereocenters. The Kier molecular flexibility index (Phi) is 8.85. The molecule has 1 aromatic heterocycles. The van der Waals surface area contributed by atoms with Gasteiger partial charge in [0.05, 0.1) is 5.39 Å². The number of fused-ring (bicyclic) bond motifs is 1. The van der Waals surface area contributed by atoms with Crippen LogP contribution < -0.4 is 21.7 Å². The molecule has 0 bridgehead atoms. The van der Waals surface area contributed by atoms with Crippen LogP contribution in [-0.4, -0.2) is 55.2 Å². The summed E-state index contributed by atoms with van der Waals surface area (Å²) in [4.78, 5) is 25.1. The highest BCUT2D eigenvalue weighted by molar-refractivity contribution is 7.92. The van der Waals surface area contributed by atoms with E-state index in [-0.39, 0.29) is 23.7 Å². The molecule has 2 aromatic carbocycles. The van der Waals surface area contributed by atoms with E-state index in [1.54, 1.807) is 18.2 Å². The van der Waals surface area contributed by atoms with Crippen molar-refractivity contribution < 1.29 is 22.8 Å². The zero-order chi connectivity index (χ0) is 27.4. The molecule has 3 aromatic rings. The van der Waals surface area contributed by atoms with Crippen LogP contribution in [0.5, 0.6) is 0 Å². The normalized spacial score (nSPS) is 13.5. The first kappa shape index (κ1) is 28.5. The van der Waals surface area contributed by atoms with Crippen LogP contribution in [0.2, 0.25) is 0 Å². The van der Waals surface area contributed by atoms with Gasteiger partial charge in [-0.1, -0.05) is 24.3 Å². The van der Waals surface area contributed by atoms with Gasteiger partial charge in [0.1, 0.15) is 5.82 Å². The van der Waals surface area contributed by atoms with Crippen molar-refractivity contribution in [2.24, 2.45) is 0 Å². The molecule has 0 aliphatic carbocycles. The third kappa shape index (κ3) is 6.07. The number of sulfone groups is 1. The molecule has 0 saturated heterocycles. The highest BCUT2D eigenvalue weighted by atomic mass is 32.2. The third-order valence-corrected chi connectivity index (χ3v) is 8.78. The Morgan fingerprint density at radius 1 is 1.14 bits per heavy atom. The zero-order valence-corrected chi connectivity index (χ0v) is 22.2. The summed E-state index contributed by atoms with van der Waals surface area (Å²) in [7, 11) is -2.05. The van der Waals surface area contributed by atoms with Crippen LogP contribution in [-0.2, 0) is 27.7 Å². The number of hydrogen-bond donors (Lipinski definition) is 4. The fraction of sp³-hybridized carbons (Fsp3) is 0.385. The van der Waals surface area contributed by atoms with E-state index < -0.39 is 31.9 Å². The van der Waals surface area contributed by atoms with Gasteiger partial charge in [0.2, 0.25) is 0 Å². The largest absolute Gasteiger partial charge is 0.318 e. The van der Waals surface area contributed by atoms with Crippen molar-refractivity contribution in [2.45, 2.75) is 38.1 Å². The summed E-state index contributed by atoms with van der Waals surface area (Å²) in [5.41, 5.74) is 4.68.